The quantitative estimate of drug-likeness (QED) is 0.820. The van der Waals surface area contributed by atoms with Crippen LogP contribution in [0.5, 0.6) is 5.75 Å². The molecule has 2 atom stereocenters. The molecule has 0 heterocycles. The van der Waals surface area contributed by atoms with Crippen LogP contribution in [-0.2, 0) is 4.79 Å². The molecule has 0 spiro atoms. The van der Waals surface area contributed by atoms with Crippen molar-refractivity contribution in [3.63, 3.8) is 0 Å². The Morgan fingerprint density at radius 2 is 2.10 bits per heavy atom. The fourth-order valence-electron chi connectivity index (χ4n) is 2.48. The Morgan fingerprint density at radius 1 is 1.35 bits per heavy atom. The third kappa shape index (κ3) is 4.69. The Labute approximate surface area is 124 Å². The van der Waals surface area contributed by atoms with Crippen LogP contribution in [0.2, 0.25) is 5.02 Å². The van der Waals surface area contributed by atoms with E-state index in [1.165, 1.54) is 0 Å². The smallest absolute Gasteiger partial charge is 0.223 e. The summed E-state index contributed by atoms with van der Waals surface area (Å²) in [7, 11) is 0. The molecule has 2 unspecified atom stereocenters. The first-order valence-corrected chi connectivity index (χ1v) is 7.44. The van der Waals surface area contributed by atoms with Gasteiger partial charge in [-0.05, 0) is 43.5 Å². The van der Waals surface area contributed by atoms with E-state index in [0.717, 1.165) is 31.4 Å². The lowest BCUT2D eigenvalue weighted by molar-refractivity contribution is -0.126. The van der Waals surface area contributed by atoms with Crippen molar-refractivity contribution in [2.24, 2.45) is 11.7 Å². The fourth-order valence-corrected chi connectivity index (χ4v) is 2.61. The molecule has 1 aromatic carbocycles. The van der Waals surface area contributed by atoms with Gasteiger partial charge in [0.1, 0.15) is 12.4 Å². The van der Waals surface area contributed by atoms with Crippen molar-refractivity contribution in [1.82, 2.24) is 5.32 Å². The molecule has 2 rings (SSSR count). The van der Waals surface area contributed by atoms with Crippen molar-refractivity contribution in [1.29, 1.82) is 0 Å². The second-order valence-electron chi connectivity index (χ2n) is 5.22. The lowest BCUT2D eigenvalue weighted by atomic mass is 9.85. The third-order valence-corrected chi connectivity index (χ3v) is 3.82. The van der Waals surface area contributed by atoms with Crippen LogP contribution in [0.25, 0.3) is 0 Å². The predicted molar refractivity (Wildman–Crippen MR) is 79.9 cm³/mol. The van der Waals surface area contributed by atoms with Crippen LogP contribution in [0.4, 0.5) is 0 Å². The summed E-state index contributed by atoms with van der Waals surface area (Å²) in [5.74, 6) is 0.914. The van der Waals surface area contributed by atoms with Gasteiger partial charge in [0, 0.05) is 17.0 Å². The Kier molecular flexibility index (Phi) is 5.68. The largest absolute Gasteiger partial charge is 0.492 e. The number of hydrogen-bond donors (Lipinski definition) is 2. The molecule has 0 bridgehead atoms. The highest BCUT2D eigenvalue weighted by Crippen LogP contribution is 2.23. The van der Waals surface area contributed by atoms with E-state index in [2.05, 4.69) is 5.32 Å². The van der Waals surface area contributed by atoms with Crippen molar-refractivity contribution in [3.8, 4) is 5.75 Å². The van der Waals surface area contributed by atoms with E-state index >= 15 is 0 Å². The van der Waals surface area contributed by atoms with Crippen LogP contribution in [0, 0.1) is 5.92 Å². The van der Waals surface area contributed by atoms with Gasteiger partial charge in [-0.1, -0.05) is 18.0 Å². The second-order valence-corrected chi connectivity index (χ2v) is 5.65. The minimum atomic E-state index is 0.0641. The molecule has 1 aromatic rings. The number of hydrogen-bond acceptors (Lipinski definition) is 3. The zero-order valence-corrected chi connectivity index (χ0v) is 12.2. The molecule has 4 nitrogen and oxygen atoms in total. The standard InChI is InChI=1S/C15H21ClN2O2/c16-12-4-6-14(7-5-12)20-9-8-18-15(19)11-2-1-3-13(17)10-11/h4-7,11,13H,1-3,8-10,17H2,(H,18,19). The minimum Gasteiger partial charge on any atom is -0.492 e. The Hall–Kier alpha value is -1.26. The number of rotatable bonds is 5. The first kappa shape index (κ1) is 15.1. The maximum Gasteiger partial charge on any atom is 0.223 e. The number of halogens is 1. The summed E-state index contributed by atoms with van der Waals surface area (Å²) in [4.78, 5) is 12.0. The molecule has 0 aliphatic heterocycles. The van der Waals surface area contributed by atoms with Gasteiger partial charge in [0.05, 0.1) is 6.54 Å². The van der Waals surface area contributed by atoms with E-state index in [-0.39, 0.29) is 17.9 Å². The molecule has 1 aliphatic rings. The molecular weight excluding hydrogens is 276 g/mol. The number of amides is 1. The number of benzene rings is 1. The zero-order chi connectivity index (χ0) is 14.4. The summed E-state index contributed by atoms with van der Waals surface area (Å²) in [5.41, 5.74) is 5.89. The van der Waals surface area contributed by atoms with Crippen molar-refractivity contribution in [2.75, 3.05) is 13.2 Å². The van der Waals surface area contributed by atoms with Crippen LogP contribution >= 0.6 is 11.6 Å². The Morgan fingerprint density at radius 3 is 2.80 bits per heavy atom. The molecule has 0 radical (unpaired) electrons. The highest BCUT2D eigenvalue weighted by atomic mass is 35.5. The van der Waals surface area contributed by atoms with Gasteiger partial charge in [0.15, 0.2) is 0 Å². The minimum absolute atomic E-state index is 0.0641. The maximum absolute atomic E-state index is 12.0. The van der Waals surface area contributed by atoms with E-state index in [1.54, 1.807) is 12.1 Å². The van der Waals surface area contributed by atoms with Gasteiger partial charge in [0.2, 0.25) is 5.91 Å². The number of nitrogens with one attached hydrogen (secondary N) is 1. The fraction of sp³-hybridized carbons (Fsp3) is 0.533. The number of nitrogens with two attached hydrogens (primary N) is 1. The molecule has 110 valence electrons. The number of ether oxygens (including phenoxy) is 1. The second kappa shape index (κ2) is 7.50. The monoisotopic (exact) mass is 296 g/mol. The van der Waals surface area contributed by atoms with Gasteiger partial charge < -0.3 is 15.8 Å². The lowest BCUT2D eigenvalue weighted by Gasteiger charge is -2.25. The molecule has 1 aliphatic carbocycles. The van der Waals surface area contributed by atoms with Gasteiger partial charge in [-0.25, -0.2) is 0 Å². The van der Waals surface area contributed by atoms with Gasteiger partial charge >= 0.3 is 0 Å². The summed E-state index contributed by atoms with van der Waals surface area (Å²) in [6, 6.07) is 7.34. The normalized spacial score (nSPS) is 22.3. The van der Waals surface area contributed by atoms with E-state index < -0.39 is 0 Å². The molecule has 3 N–H and O–H groups in total. The third-order valence-electron chi connectivity index (χ3n) is 3.57. The van der Waals surface area contributed by atoms with Crippen LogP contribution < -0.4 is 15.8 Å². The summed E-state index contributed by atoms with van der Waals surface area (Å²) in [5, 5.41) is 3.59. The highest BCUT2D eigenvalue weighted by molar-refractivity contribution is 6.30. The number of carbonyl (C=O) groups excluding carboxylic acids is 1. The molecule has 1 saturated carbocycles. The first-order valence-electron chi connectivity index (χ1n) is 7.07. The van der Waals surface area contributed by atoms with Crippen LogP contribution in [-0.4, -0.2) is 25.1 Å². The van der Waals surface area contributed by atoms with Crippen molar-refractivity contribution in [3.05, 3.63) is 29.3 Å². The molecule has 0 saturated heterocycles. The van der Waals surface area contributed by atoms with E-state index in [0.29, 0.717) is 18.2 Å². The molecule has 20 heavy (non-hydrogen) atoms. The summed E-state index contributed by atoms with van der Waals surface area (Å²) in [6.45, 7) is 0.958. The first-order chi connectivity index (χ1) is 9.65. The molecule has 1 amide bonds. The summed E-state index contributed by atoms with van der Waals surface area (Å²) < 4.78 is 5.52. The maximum atomic E-state index is 12.0. The van der Waals surface area contributed by atoms with Crippen molar-refractivity contribution in [2.45, 2.75) is 31.7 Å². The molecule has 5 heteroatoms. The summed E-state index contributed by atoms with van der Waals surface area (Å²) >= 11 is 5.79. The predicted octanol–water partition coefficient (Wildman–Crippen LogP) is 2.35. The van der Waals surface area contributed by atoms with E-state index in [9.17, 15) is 4.79 Å². The summed E-state index contributed by atoms with van der Waals surface area (Å²) in [6.07, 6.45) is 3.81. The van der Waals surface area contributed by atoms with Gasteiger partial charge in [0.25, 0.3) is 0 Å². The SMILES string of the molecule is NC1CCCC(C(=O)NCCOc2ccc(Cl)cc2)C1. The average Bonchev–Trinajstić information content (AvgIpc) is 2.45. The van der Waals surface area contributed by atoms with Crippen LogP contribution in [0.3, 0.4) is 0 Å². The Bertz CT molecular complexity index is 436. The van der Waals surface area contributed by atoms with Gasteiger partial charge in [-0.15, -0.1) is 0 Å². The van der Waals surface area contributed by atoms with Crippen LogP contribution in [0.15, 0.2) is 24.3 Å². The number of carbonyl (C=O) groups is 1. The zero-order valence-electron chi connectivity index (χ0n) is 11.5. The van der Waals surface area contributed by atoms with Gasteiger partial charge in [-0.3, -0.25) is 4.79 Å². The Balaban J connectivity index is 1.65. The van der Waals surface area contributed by atoms with Gasteiger partial charge in [-0.2, -0.15) is 0 Å². The lowest BCUT2D eigenvalue weighted by Crippen LogP contribution is -2.39. The van der Waals surface area contributed by atoms with Crippen molar-refractivity contribution < 1.29 is 9.53 Å². The topological polar surface area (TPSA) is 64.4 Å². The van der Waals surface area contributed by atoms with E-state index in [4.69, 9.17) is 22.1 Å². The molecule has 1 fully saturated rings. The van der Waals surface area contributed by atoms with Crippen molar-refractivity contribution >= 4 is 17.5 Å². The molecular formula is C15H21ClN2O2. The van der Waals surface area contributed by atoms with Crippen LogP contribution in [0.1, 0.15) is 25.7 Å². The average molecular weight is 297 g/mol. The van der Waals surface area contributed by atoms with E-state index in [1.807, 2.05) is 12.1 Å². The highest BCUT2D eigenvalue weighted by Gasteiger charge is 2.24. The molecule has 0 aromatic heterocycles.